The van der Waals surface area contributed by atoms with Crippen LogP contribution in [0, 0.1) is 11.6 Å². The molecule has 0 bridgehead atoms. The Hall–Kier alpha value is -2.99. The maximum Gasteiger partial charge on any atom is 0.266 e. The van der Waals surface area contributed by atoms with Gasteiger partial charge in [0.05, 0.1) is 11.4 Å². The molecule has 0 fully saturated rings. The first-order valence-corrected chi connectivity index (χ1v) is 8.73. The predicted molar refractivity (Wildman–Crippen MR) is 85.0 cm³/mol. The van der Waals surface area contributed by atoms with Gasteiger partial charge in [0.15, 0.2) is 17.5 Å². The van der Waals surface area contributed by atoms with E-state index in [-0.39, 0.29) is 13.1 Å². The van der Waals surface area contributed by atoms with Crippen LogP contribution in [0.1, 0.15) is 0 Å². The number of halogens is 2. The SMILES string of the molecule is O=c1ccc(-n2cncn2)nn1CCNS(=O)(=O)c1ccc(F)c(F)c1. The van der Waals surface area contributed by atoms with Gasteiger partial charge in [-0.3, -0.25) is 4.79 Å². The van der Waals surface area contributed by atoms with Gasteiger partial charge in [0.1, 0.15) is 12.7 Å². The molecule has 0 atom stereocenters. The Balaban J connectivity index is 1.72. The molecule has 1 aromatic carbocycles. The van der Waals surface area contributed by atoms with E-state index in [1.807, 2.05) is 0 Å². The molecule has 3 aromatic rings. The van der Waals surface area contributed by atoms with Crippen LogP contribution in [0.25, 0.3) is 5.82 Å². The van der Waals surface area contributed by atoms with Crippen LogP contribution in [-0.4, -0.2) is 39.5 Å². The zero-order valence-electron chi connectivity index (χ0n) is 13.1. The van der Waals surface area contributed by atoms with Crippen LogP contribution in [0.15, 0.2) is 52.7 Å². The fourth-order valence-electron chi connectivity index (χ4n) is 2.06. The first kappa shape index (κ1) is 17.8. The van der Waals surface area contributed by atoms with Crippen LogP contribution in [0.5, 0.6) is 0 Å². The molecule has 1 N–H and O–H groups in total. The molecule has 2 heterocycles. The minimum atomic E-state index is -4.06. The lowest BCUT2D eigenvalue weighted by Gasteiger charge is -2.09. The average molecular weight is 382 g/mol. The summed E-state index contributed by atoms with van der Waals surface area (Å²) in [6.45, 7) is -0.265. The smallest absolute Gasteiger partial charge is 0.266 e. The molecule has 12 heteroatoms. The van der Waals surface area contributed by atoms with Crippen molar-refractivity contribution in [3.63, 3.8) is 0 Å². The van der Waals surface area contributed by atoms with Crippen molar-refractivity contribution >= 4 is 10.0 Å². The van der Waals surface area contributed by atoms with Gasteiger partial charge >= 0.3 is 0 Å². The highest BCUT2D eigenvalue weighted by Crippen LogP contribution is 2.13. The molecule has 0 unspecified atom stereocenters. The molecule has 0 spiro atoms. The van der Waals surface area contributed by atoms with Crippen molar-refractivity contribution in [2.75, 3.05) is 6.54 Å². The van der Waals surface area contributed by atoms with E-state index in [2.05, 4.69) is 19.9 Å². The molecule has 0 aliphatic heterocycles. The molecule has 0 aliphatic carbocycles. The van der Waals surface area contributed by atoms with Crippen molar-refractivity contribution in [1.82, 2.24) is 29.3 Å². The molecule has 3 rings (SSSR count). The van der Waals surface area contributed by atoms with E-state index in [0.717, 1.165) is 16.8 Å². The summed E-state index contributed by atoms with van der Waals surface area (Å²) in [4.78, 5) is 15.2. The second-order valence-electron chi connectivity index (χ2n) is 5.07. The summed E-state index contributed by atoms with van der Waals surface area (Å²) < 4.78 is 54.9. The summed E-state index contributed by atoms with van der Waals surface area (Å²) in [7, 11) is -4.06. The van der Waals surface area contributed by atoms with E-state index in [9.17, 15) is 22.0 Å². The third-order valence-electron chi connectivity index (χ3n) is 3.32. The number of hydrogen-bond acceptors (Lipinski definition) is 6. The molecule has 0 saturated carbocycles. The summed E-state index contributed by atoms with van der Waals surface area (Å²) in [5.74, 6) is -2.10. The Morgan fingerprint density at radius 2 is 1.92 bits per heavy atom. The molecule has 0 radical (unpaired) electrons. The Morgan fingerprint density at radius 1 is 1.12 bits per heavy atom. The van der Waals surface area contributed by atoms with Gasteiger partial charge in [-0.1, -0.05) is 0 Å². The number of aromatic nitrogens is 5. The normalized spacial score (nSPS) is 11.6. The third-order valence-corrected chi connectivity index (χ3v) is 4.78. The van der Waals surface area contributed by atoms with Gasteiger partial charge in [0.2, 0.25) is 10.0 Å². The first-order chi connectivity index (χ1) is 12.4. The summed E-state index contributed by atoms with van der Waals surface area (Å²) in [5.41, 5.74) is -0.444. The Kier molecular flexibility index (Phi) is 4.86. The number of benzene rings is 1. The summed E-state index contributed by atoms with van der Waals surface area (Å²) in [5, 5.41) is 7.93. The van der Waals surface area contributed by atoms with Crippen LogP contribution < -0.4 is 10.3 Å². The quantitative estimate of drug-likeness (QED) is 0.646. The van der Waals surface area contributed by atoms with Crippen LogP contribution in [0.3, 0.4) is 0 Å². The average Bonchev–Trinajstić information content (AvgIpc) is 3.13. The molecule has 0 saturated heterocycles. The maximum absolute atomic E-state index is 13.2. The Bertz CT molecular complexity index is 1080. The van der Waals surface area contributed by atoms with E-state index < -0.39 is 32.1 Å². The summed E-state index contributed by atoms with van der Waals surface area (Å²) in [6, 6.07) is 4.94. The van der Waals surface area contributed by atoms with Crippen LogP contribution in [-0.2, 0) is 16.6 Å². The van der Waals surface area contributed by atoms with E-state index in [0.29, 0.717) is 11.9 Å². The summed E-state index contributed by atoms with van der Waals surface area (Å²) >= 11 is 0. The minimum Gasteiger partial charge on any atom is -0.268 e. The second-order valence-corrected chi connectivity index (χ2v) is 6.83. The van der Waals surface area contributed by atoms with Gasteiger partial charge in [-0.2, -0.15) is 5.10 Å². The van der Waals surface area contributed by atoms with Crippen LogP contribution >= 0.6 is 0 Å². The molecule has 2 aromatic heterocycles. The molecule has 26 heavy (non-hydrogen) atoms. The van der Waals surface area contributed by atoms with Gasteiger partial charge in [-0.25, -0.2) is 36.3 Å². The lowest BCUT2D eigenvalue weighted by atomic mass is 10.3. The minimum absolute atomic E-state index is 0.0791. The Morgan fingerprint density at radius 3 is 2.62 bits per heavy atom. The molecule has 136 valence electrons. The zero-order chi connectivity index (χ0) is 18.7. The van der Waals surface area contributed by atoms with Gasteiger partial charge in [0, 0.05) is 12.6 Å². The first-order valence-electron chi connectivity index (χ1n) is 7.25. The third kappa shape index (κ3) is 3.81. The monoisotopic (exact) mass is 382 g/mol. The van der Waals surface area contributed by atoms with Crippen molar-refractivity contribution in [2.45, 2.75) is 11.4 Å². The van der Waals surface area contributed by atoms with Gasteiger partial charge in [-0.05, 0) is 24.3 Å². The number of hydrogen-bond donors (Lipinski definition) is 1. The molecular weight excluding hydrogens is 370 g/mol. The molecule has 9 nitrogen and oxygen atoms in total. The van der Waals surface area contributed by atoms with Crippen molar-refractivity contribution in [3.8, 4) is 5.82 Å². The maximum atomic E-state index is 13.2. The predicted octanol–water partition coefficient (Wildman–Crippen LogP) is 0.0807. The number of sulfonamides is 1. The highest BCUT2D eigenvalue weighted by Gasteiger charge is 2.16. The van der Waals surface area contributed by atoms with E-state index in [1.54, 1.807) is 0 Å². The number of nitrogens with zero attached hydrogens (tertiary/aromatic N) is 5. The molecule has 0 amide bonds. The van der Waals surface area contributed by atoms with E-state index >= 15 is 0 Å². The lowest BCUT2D eigenvalue weighted by Crippen LogP contribution is -2.32. The standard InChI is InChI=1S/C14H12F2N6O3S/c15-11-2-1-10(7-12(11)16)26(24,25)19-5-6-21-14(23)4-3-13(20-21)22-9-17-8-18-22/h1-4,7-9,19H,5-6H2. The Labute approximate surface area is 146 Å². The molecular formula is C14H12F2N6O3S. The van der Waals surface area contributed by atoms with Crippen molar-refractivity contribution in [2.24, 2.45) is 0 Å². The van der Waals surface area contributed by atoms with Crippen molar-refractivity contribution in [1.29, 1.82) is 0 Å². The van der Waals surface area contributed by atoms with Crippen LogP contribution in [0.4, 0.5) is 8.78 Å². The number of rotatable bonds is 6. The van der Waals surface area contributed by atoms with Crippen molar-refractivity contribution < 1.29 is 17.2 Å². The van der Waals surface area contributed by atoms with E-state index in [1.165, 1.54) is 29.5 Å². The lowest BCUT2D eigenvalue weighted by molar-refractivity contribution is 0.503. The second kappa shape index (κ2) is 7.09. The largest absolute Gasteiger partial charge is 0.268 e. The fourth-order valence-corrected chi connectivity index (χ4v) is 3.09. The zero-order valence-corrected chi connectivity index (χ0v) is 13.9. The van der Waals surface area contributed by atoms with Crippen molar-refractivity contribution in [3.05, 3.63) is 65.0 Å². The highest BCUT2D eigenvalue weighted by molar-refractivity contribution is 7.89. The van der Waals surface area contributed by atoms with Crippen LogP contribution in [0.2, 0.25) is 0 Å². The van der Waals surface area contributed by atoms with E-state index in [4.69, 9.17) is 0 Å². The highest BCUT2D eigenvalue weighted by atomic mass is 32.2. The number of nitrogens with one attached hydrogen (secondary N) is 1. The fraction of sp³-hybridized carbons (Fsp3) is 0.143. The van der Waals surface area contributed by atoms with Gasteiger partial charge < -0.3 is 0 Å². The summed E-state index contributed by atoms with van der Waals surface area (Å²) in [6.07, 6.45) is 2.69. The van der Waals surface area contributed by atoms with Gasteiger partial charge in [0.25, 0.3) is 5.56 Å². The molecule has 0 aliphatic rings. The van der Waals surface area contributed by atoms with Gasteiger partial charge in [-0.15, -0.1) is 5.10 Å². The topological polar surface area (TPSA) is 112 Å².